The van der Waals surface area contributed by atoms with Crippen molar-refractivity contribution in [2.24, 2.45) is 0 Å². The van der Waals surface area contributed by atoms with Gasteiger partial charge in [-0.3, -0.25) is 9.69 Å². The van der Waals surface area contributed by atoms with E-state index >= 15 is 0 Å². The number of nitrogens with zero attached hydrogens (tertiary/aromatic N) is 1. The molecule has 0 aliphatic carbocycles. The number of carbonyl (C=O) groups excluding carboxylic acids is 1. The highest BCUT2D eigenvalue weighted by Gasteiger charge is 2.17. The molecule has 0 saturated carbocycles. The second-order valence-corrected chi connectivity index (χ2v) is 5.39. The van der Waals surface area contributed by atoms with E-state index in [1.54, 1.807) is 18.2 Å². The molecule has 2 rings (SSSR count). The summed E-state index contributed by atoms with van der Waals surface area (Å²) in [4.78, 5) is 14.3. The molecule has 0 saturated heterocycles. The first-order valence-corrected chi connectivity index (χ1v) is 7.13. The zero-order chi connectivity index (χ0) is 15.2. The van der Waals surface area contributed by atoms with Crippen LogP contribution < -0.4 is 0 Å². The Hall–Kier alpha value is -2.00. The van der Waals surface area contributed by atoms with E-state index < -0.39 is 5.82 Å². The van der Waals surface area contributed by atoms with Gasteiger partial charge in [0.25, 0.3) is 0 Å². The zero-order valence-corrected chi connectivity index (χ0v) is 12.4. The van der Waals surface area contributed by atoms with Crippen LogP contribution in [0.25, 0.3) is 0 Å². The van der Waals surface area contributed by atoms with Crippen LogP contribution >= 0.6 is 0 Å². The van der Waals surface area contributed by atoms with Crippen molar-refractivity contribution in [1.82, 2.24) is 4.90 Å². The molecule has 2 nitrogen and oxygen atoms in total. The summed E-state index contributed by atoms with van der Waals surface area (Å²) >= 11 is 0. The Morgan fingerprint density at radius 3 is 2.29 bits per heavy atom. The second kappa shape index (κ2) is 7.14. The van der Waals surface area contributed by atoms with Crippen LogP contribution in [0.2, 0.25) is 0 Å². The van der Waals surface area contributed by atoms with Gasteiger partial charge in [0, 0.05) is 12.6 Å². The van der Waals surface area contributed by atoms with Crippen LogP contribution in [0.1, 0.15) is 29.8 Å². The number of rotatable bonds is 6. The first-order chi connectivity index (χ1) is 10.1. The smallest absolute Gasteiger partial charge is 0.179 e. The maximum Gasteiger partial charge on any atom is 0.179 e. The molecule has 2 aromatic rings. The predicted octanol–water partition coefficient (Wildman–Crippen LogP) is 3.92. The van der Waals surface area contributed by atoms with Crippen LogP contribution in [0.5, 0.6) is 0 Å². The normalized spacial score (nSPS) is 11.1. The average Bonchev–Trinajstić information content (AvgIpc) is 2.48. The molecule has 21 heavy (non-hydrogen) atoms. The lowest BCUT2D eigenvalue weighted by molar-refractivity contribution is 0.0894. The molecule has 0 N–H and O–H groups in total. The Morgan fingerprint density at radius 1 is 1.05 bits per heavy atom. The summed E-state index contributed by atoms with van der Waals surface area (Å²) in [6.07, 6.45) is 0. The highest BCUT2D eigenvalue weighted by atomic mass is 19.1. The van der Waals surface area contributed by atoms with Crippen molar-refractivity contribution in [2.75, 3.05) is 6.54 Å². The van der Waals surface area contributed by atoms with E-state index in [1.807, 2.05) is 49.1 Å². The van der Waals surface area contributed by atoms with Crippen molar-refractivity contribution in [3.63, 3.8) is 0 Å². The average molecular weight is 285 g/mol. The summed E-state index contributed by atoms with van der Waals surface area (Å²) in [5.74, 6) is -0.636. The summed E-state index contributed by atoms with van der Waals surface area (Å²) in [5, 5.41) is 0. The monoisotopic (exact) mass is 285 g/mol. The second-order valence-electron chi connectivity index (χ2n) is 5.39. The third kappa shape index (κ3) is 4.23. The van der Waals surface area contributed by atoms with E-state index in [-0.39, 0.29) is 23.9 Å². The van der Waals surface area contributed by atoms with E-state index in [0.29, 0.717) is 6.54 Å². The first kappa shape index (κ1) is 15.4. The highest BCUT2D eigenvalue weighted by Crippen LogP contribution is 2.12. The number of halogens is 1. The molecule has 0 fully saturated rings. The number of hydrogen-bond donors (Lipinski definition) is 0. The molecule has 2 aromatic carbocycles. The van der Waals surface area contributed by atoms with Crippen molar-refractivity contribution in [3.05, 3.63) is 71.5 Å². The SMILES string of the molecule is CC(C)N(CC(=O)c1ccccc1F)Cc1ccccc1. The van der Waals surface area contributed by atoms with Gasteiger partial charge in [-0.05, 0) is 31.5 Å². The minimum atomic E-state index is -0.453. The number of carbonyl (C=O) groups is 1. The number of Topliss-reactive ketones (excluding diaryl/α,β-unsaturated/α-hetero) is 1. The standard InChI is InChI=1S/C18H20FNO/c1-14(2)20(12-15-8-4-3-5-9-15)13-18(21)16-10-6-7-11-17(16)19/h3-11,14H,12-13H2,1-2H3. The number of ketones is 1. The van der Waals surface area contributed by atoms with Gasteiger partial charge in [-0.1, -0.05) is 42.5 Å². The third-order valence-electron chi connectivity index (χ3n) is 3.48. The van der Waals surface area contributed by atoms with Gasteiger partial charge in [-0.15, -0.1) is 0 Å². The molecular weight excluding hydrogens is 265 g/mol. The summed E-state index contributed by atoms with van der Waals surface area (Å²) in [6, 6.07) is 16.3. The highest BCUT2D eigenvalue weighted by molar-refractivity contribution is 5.97. The Labute approximate surface area is 125 Å². The fraction of sp³-hybridized carbons (Fsp3) is 0.278. The van der Waals surface area contributed by atoms with Gasteiger partial charge >= 0.3 is 0 Å². The quantitative estimate of drug-likeness (QED) is 0.750. The first-order valence-electron chi connectivity index (χ1n) is 7.13. The predicted molar refractivity (Wildman–Crippen MR) is 82.7 cm³/mol. The summed E-state index contributed by atoms with van der Waals surface area (Å²) in [6.45, 7) is 4.97. The van der Waals surface area contributed by atoms with Crippen molar-refractivity contribution in [1.29, 1.82) is 0 Å². The van der Waals surface area contributed by atoms with Gasteiger partial charge in [0.15, 0.2) is 5.78 Å². The van der Waals surface area contributed by atoms with Crippen molar-refractivity contribution < 1.29 is 9.18 Å². The Kier molecular flexibility index (Phi) is 5.23. The van der Waals surface area contributed by atoms with Gasteiger partial charge < -0.3 is 0 Å². The molecule has 0 atom stereocenters. The lowest BCUT2D eigenvalue weighted by Gasteiger charge is -2.25. The lowest BCUT2D eigenvalue weighted by atomic mass is 10.1. The van der Waals surface area contributed by atoms with Crippen LogP contribution in [-0.2, 0) is 6.54 Å². The minimum Gasteiger partial charge on any atom is -0.293 e. The molecule has 0 aliphatic rings. The molecule has 0 spiro atoms. The fourth-order valence-electron chi connectivity index (χ4n) is 2.20. The molecule has 0 amide bonds. The number of benzene rings is 2. The summed E-state index contributed by atoms with van der Waals surface area (Å²) < 4.78 is 13.7. The van der Waals surface area contributed by atoms with E-state index in [1.165, 1.54) is 6.07 Å². The van der Waals surface area contributed by atoms with Gasteiger partial charge in [-0.2, -0.15) is 0 Å². The van der Waals surface area contributed by atoms with Crippen LogP contribution in [0.15, 0.2) is 54.6 Å². The molecular formula is C18H20FNO. The molecule has 3 heteroatoms. The van der Waals surface area contributed by atoms with E-state index in [4.69, 9.17) is 0 Å². The Balaban J connectivity index is 2.10. The minimum absolute atomic E-state index is 0.163. The van der Waals surface area contributed by atoms with Crippen LogP contribution in [0.4, 0.5) is 4.39 Å². The van der Waals surface area contributed by atoms with Crippen LogP contribution in [0, 0.1) is 5.82 Å². The van der Waals surface area contributed by atoms with E-state index in [9.17, 15) is 9.18 Å². The van der Waals surface area contributed by atoms with Gasteiger partial charge in [0.1, 0.15) is 5.82 Å². The lowest BCUT2D eigenvalue weighted by Crippen LogP contribution is -2.35. The molecule has 0 aromatic heterocycles. The maximum absolute atomic E-state index is 13.7. The van der Waals surface area contributed by atoms with Crippen molar-refractivity contribution >= 4 is 5.78 Å². The largest absolute Gasteiger partial charge is 0.293 e. The van der Waals surface area contributed by atoms with Crippen LogP contribution in [-0.4, -0.2) is 23.3 Å². The molecule has 110 valence electrons. The third-order valence-corrected chi connectivity index (χ3v) is 3.48. The van der Waals surface area contributed by atoms with E-state index in [2.05, 4.69) is 0 Å². The molecule has 0 unspecified atom stereocenters. The Bertz CT molecular complexity index is 595. The zero-order valence-electron chi connectivity index (χ0n) is 12.4. The molecule has 0 radical (unpaired) electrons. The molecule has 0 aliphatic heterocycles. The fourth-order valence-corrected chi connectivity index (χ4v) is 2.20. The van der Waals surface area contributed by atoms with Crippen molar-refractivity contribution in [2.45, 2.75) is 26.4 Å². The summed E-state index contributed by atoms with van der Waals surface area (Å²) in [7, 11) is 0. The van der Waals surface area contributed by atoms with Gasteiger partial charge in [0.05, 0.1) is 12.1 Å². The topological polar surface area (TPSA) is 20.3 Å². The van der Waals surface area contributed by atoms with E-state index in [0.717, 1.165) is 5.56 Å². The van der Waals surface area contributed by atoms with Gasteiger partial charge in [-0.25, -0.2) is 4.39 Å². The number of hydrogen-bond acceptors (Lipinski definition) is 2. The Morgan fingerprint density at radius 2 is 1.67 bits per heavy atom. The summed E-state index contributed by atoms with van der Waals surface area (Å²) in [5.41, 5.74) is 1.31. The van der Waals surface area contributed by atoms with Gasteiger partial charge in [0.2, 0.25) is 0 Å². The van der Waals surface area contributed by atoms with Crippen LogP contribution in [0.3, 0.4) is 0 Å². The molecule has 0 heterocycles. The maximum atomic E-state index is 13.7. The van der Waals surface area contributed by atoms with Crippen molar-refractivity contribution in [3.8, 4) is 0 Å². The molecule has 0 bridgehead atoms.